The average molecular weight is 337 g/mol. The topological polar surface area (TPSA) is 21.3 Å². The van der Waals surface area contributed by atoms with Crippen LogP contribution < -0.4 is 5.32 Å². The summed E-state index contributed by atoms with van der Waals surface area (Å²) in [5.74, 6) is 0.281. The van der Waals surface area contributed by atoms with E-state index in [4.69, 9.17) is 4.74 Å². The summed E-state index contributed by atoms with van der Waals surface area (Å²) < 4.78 is 43.5. The molecular weight excluding hydrogens is 315 g/mol. The van der Waals surface area contributed by atoms with Crippen molar-refractivity contribution in [1.29, 1.82) is 0 Å². The highest BCUT2D eigenvalue weighted by atomic mass is 19.4. The van der Waals surface area contributed by atoms with E-state index < -0.39 is 11.7 Å². The van der Waals surface area contributed by atoms with Crippen LogP contribution in [0.2, 0.25) is 0 Å². The van der Waals surface area contributed by atoms with Crippen molar-refractivity contribution in [3.05, 3.63) is 65.7 Å². The molecule has 0 amide bonds. The van der Waals surface area contributed by atoms with E-state index in [9.17, 15) is 13.2 Å². The minimum Gasteiger partial charge on any atom is -0.380 e. The Balaban J connectivity index is 1.91. The molecule has 2 aromatic carbocycles. The Morgan fingerprint density at radius 1 is 0.958 bits per heavy atom. The third kappa shape index (κ3) is 5.57. The van der Waals surface area contributed by atoms with E-state index in [0.717, 1.165) is 17.7 Å². The molecule has 0 aromatic heterocycles. The van der Waals surface area contributed by atoms with Gasteiger partial charge in [0.1, 0.15) is 0 Å². The van der Waals surface area contributed by atoms with Gasteiger partial charge >= 0.3 is 6.18 Å². The zero-order valence-corrected chi connectivity index (χ0v) is 13.8. The molecule has 1 atom stereocenters. The summed E-state index contributed by atoms with van der Waals surface area (Å²) in [7, 11) is 0. The van der Waals surface area contributed by atoms with Gasteiger partial charge < -0.3 is 10.1 Å². The number of anilines is 1. The number of nitrogens with one attached hydrogen (secondary N) is 1. The van der Waals surface area contributed by atoms with E-state index in [1.807, 2.05) is 44.2 Å². The highest BCUT2D eigenvalue weighted by Crippen LogP contribution is 2.30. The van der Waals surface area contributed by atoms with Crippen LogP contribution in [0.1, 0.15) is 25.0 Å². The second kappa shape index (κ2) is 8.20. The smallest absolute Gasteiger partial charge is 0.380 e. The fraction of sp³-hybridized carbons (Fsp3) is 0.368. The monoisotopic (exact) mass is 337 g/mol. The number of halogens is 3. The van der Waals surface area contributed by atoms with Crippen molar-refractivity contribution >= 4 is 5.69 Å². The highest BCUT2D eigenvalue weighted by molar-refractivity contribution is 5.46. The third-order valence-electron chi connectivity index (χ3n) is 3.78. The molecular formula is C19H22F3NO. The molecule has 0 aliphatic carbocycles. The Morgan fingerprint density at radius 2 is 1.58 bits per heavy atom. The Kier molecular flexibility index (Phi) is 6.26. The molecule has 24 heavy (non-hydrogen) atoms. The molecule has 1 N–H and O–H groups in total. The second-order valence-electron chi connectivity index (χ2n) is 6.07. The molecule has 0 aliphatic rings. The third-order valence-corrected chi connectivity index (χ3v) is 3.78. The van der Waals surface area contributed by atoms with Crippen LogP contribution >= 0.6 is 0 Å². The Bertz CT molecular complexity index is 609. The van der Waals surface area contributed by atoms with Gasteiger partial charge in [-0.2, -0.15) is 13.2 Å². The van der Waals surface area contributed by atoms with Crippen molar-refractivity contribution in [1.82, 2.24) is 0 Å². The van der Waals surface area contributed by atoms with E-state index in [2.05, 4.69) is 5.32 Å². The first-order valence-electron chi connectivity index (χ1n) is 7.91. The van der Waals surface area contributed by atoms with Crippen LogP contribution in [-0.4, -0.2) is 12.6 Å². The van der Waals surface area contributed by atoms with Crippen LogP contribution in [0.4, 0.5) is 18.9 Å². The predicted molar refractivity (Wildman–Crippen MR) is 89.8 cm³/mol. The number of ether oxygens (including phenoxy) is 1. The lowest BCUT2D eigenvalue weighted by Crippen LogP contribution is -2.30. The summed E-state index contributed by atoms with van der Waals surface area (Å²) >= 11 is 0. The first kappa shape index (κ1) is 18.3. The number of hydrogen-bond acceptors (Lipinski definition) is 2. The largest absolute Gasteiger partial charge is 0.416 e. The molecule has 0 unspecified atom stereocenters. The molecule has 0 radical (unpaired) electrons. The quantitative estimate of drug-likeness (QED) is 0.734. The maximum Gasteiger partial charge on any atom is 0.416 e. The summed E-state index contributed by atoms with van der Waals surface area (Å²) in [6.45, 7) is 5.09. The summed E-state index contributed by atoms with van der Waals surface area (Å²) in [6.07, 6.45) is -4.31. The standard InChI is InChI=1S/C19H22F3NO/c1-14(2)18(13-24-12-15-6-4-3-5-7-15)23-17-10-8-16(9-11-17)19(20,21)22/h3-11,14,18,23H,12-13H2,1-2H3/t18-/m0/s1. The van der Waals surface area contributed by atoms with Gasteiger partial charge in [0.2, 0.25) is 0 Å². The summed E-state index contributed by atoms with van der Waals surface area (Å²) in [6, 6.07) is 15.0. The van der Waals surface area contributed by atoms with Crippen LogP contribution in [0.3, 0.4) is 0 Å². The summed E-state index contributed by atoms with van der Waals surface area (Å²) in [4.78, 5) is 0. The van der Waals surface area contributed by atoms with Crippen molar-refractivity contribution < 1.29 is 17.9 Å². The minimum absolute atomic E-state index is 0.0189. The molecule has 0 bridgehead atoms. The molecule has 0 saturated carbocycles. The highest BCUT2D eigenvalue weighted by Gasteiger charge is 2.30. The van der Waals surface area contributed by atoms with E-state index >= 15 is 0 Å². The normalized spacial score (nSPS) is 13.1. The average Bonchev–Trinajstić information content (AvgIpc) is 2.54. The van der Waals surface area contributed by atoms with Crippen LogP contribution in [0.15, 0.2) is 54.6 Å². The molecule has 0 aliphatic heterocycles. The van der Waals surface area contributed by atoms with Crippen molar-refractivity contribution in [2.24, 2.45) is 5.92 Å². The molecule has 0 heterocycles. The second-order valence-corrected chi connectivity index (χ2v) is 6.07. The Morgan fingerprint density at radius 3 is 2.12 bits per heavy atom. The summed E-state index contributed by atoms with van der Waals surface area (Å²) in [5.41, 5.74) is 1.11. The Hall–Kier alpha value is -2.01. The van der Waals surface area contributed by atoms with Gasteiger partial charge in [-0.25, -0.2) is 0 Å². The lowest BCUT2D eigenvalue weighted by Gasteiger charge is -2.24. The molecule has 0 spiro atoms. The van der Waals surface area contributed by atoms with Crippen LogP contribution in [0, 0.1) is 5.92 Å². The van der Waals surface area contributed by atoms with Gasteiger partial charge in [-0.05, 0) is 35.7 Å². The molecule has 0 saturated heterocycles. The molecule has 2 nitrogen and oxygen atoms in total. The van der Waals surface area contributed by atoms with Gasteiger partial charge in [0.15, 0.2) is 0 Å². The fourth-order valence-corrected chi connectivity index (χ4v) is 2.25. The van der Waals surface area contributed by atoms with Gasteiger partial charge in [-0.15, -0.1) is 0 Å². The predicted octanol–water partition coefficient (Wildman–Crippen LogP) is 5.36. The lowest BCUT2D eigenvalue weighted by atomic mass is 10.0. The Labute approximate surface area is 140 Å². The SMILES string of the molecule is CC(C)[C@H](COCc1ccccc1)Nc1ccc(C(F)(F)F)cc1. The van der Waals surface area contributed by atoms with E-state index in [1.165, 1.54) is 12.1 Å². The minimum atomic E-state index is -4.31. The number of hydrogen-bond donors (Lipinski definition) is 1. The first-order valence-corrected chi connectivity index (χ1v) is 7.91. The molecule has 130 valence electrons. The van der Waals surface area contributed by atoms with E-state index in [0.29, 0.717) is 18.9 Å². The lowest BCUT2D eigenvalue weighted by molar-refractivity contribution is -0.137. The van der Waals surface area contributed by atoms with E-state index in [1.54, 1.807) is 0 Å². The van der Waals surface area contributed by atoms with E-state index in [-0.39, 0.29) is 12.0 Å². The molecule has 2 rings (SSSR count). The van der Waals surface area contributed by atoms with Gasteiger partial charge in [-0.3, -0.25) is 0 Å². The zero-order valence-electron chi connectivity index (χ0n) is 13.8. The maximum atomic E-state index is 12.6. The van der Waals surface area contributed by atoms with Gasteiger partial charge in [0.25, 0.3) is 0 Å². The van der Waals surface area contributed by atoms with Crippen molar-refractivity contribution in [3.63, 3.8) is 0 Å². The van der Waals surface area contributed by atoms with Gasteiger partial charge in [-0.1, -0.05) is 44.2 Å². The van der Waals surface area contributed by atoms with Crippen LogP contribution in [-0.2, 0) is 17.5 Å². The zero-order chi connectivity index (χ0) is 17.6. The molecule has 5 heteroatoms. The maximum absolute atomic E-state index is 12.6. The van der Waals surface area contributed by atoms with Gasteiger partial charge in [0.05, 0.1) is 24.8 Å². The molecule has 2 aromatic rings. The van der Waals surface area contributed by atoms with Crippen LogP contribution in [0.5, 0.6) is 0 Å². The molecule has 0 fully saturated rings. The summed E-state index contributed by atoms with van der Waals surface area (Å²) in [5, 5.41) is 3.25. The van der Waals surface area contributed by atoms with Crippen molar-refractivity contribution in [2.45, 2.75) is 32.7 Å². The van der Waals surface area contributed by atoms with Crippen LogP contribution in [0.25, 0.3) is 0 Å². The number of benzene rings is 2. The number of rotatable bonds is 7. The van der Waals surface area contributed by atoms with Gasteiger partial charge in [0, 0.05) is 5.69 Å². The van der Waals surface area contributed by atoms with Crippen molar-refractivity contribution in [3.8, 4) is 0 Å². The first-order chi connectivity index (χ1) is 11.4. The van der Waals surface area contributed by atoms with Crippen molar-refractivity contribution in [2.75, 3.05) is 11.9 Å². The fourth-order valence-electron chi connectivity index (χ4n) is 2.25. The number of alkyl halides is 3.